The average Bonchev–Trinajstić information content (AvgIpc) is 3.15. The number of likely N-dealkylation sites (tertiary alicyclic amines) is 1. The zero-order valence-electron chi connectivity index (χ0n) is 19.7. The summed E-state index contributed by atoms with van der Waals surface area (Å²) in [5, 5.41) is 8.83. The van der Waals surface area contributed by atoms with Crippen molar-refractivity contribution in [2.24, 2.45) is 0 Å². The van der Waals surface area contributed by atoms with Gasteiger partial charge in [0.15, 0.2) is 11.5 Å². The maximum Gasteiger partial charge on any atom is 0.294 e. The Labute approximate surface area is 222 Å². The third-order valence-corrected chi connectivity index (χ3v) is 7.43. The van der Waals surface area contributed by atoms with Crippen LogP contribution in [0.5, 0.6) is 11.5 Å². The molecule has 0 spiro atoms. The van der Waals surface area contributed by atoms with E-state index in [0.29, 0.717) is 40.2 Å². The van der Waals surface area contributed by atoms with E-state index in [1.807, 2.05) is 12.1 Å². The smallest absolute Gasteiger partial charge is 0.294 e. The molecule has 0 aliphatic carbocycles. The van der Waals surface area contributed by atoms with E-state index in [0.717, 1.165) is 41.5 Å². The van der Waals surface area contributed by atoms with Gasteiger partial charge in [0.2, 0.25) is 5.91 Å². The van der Waals surface area contributed by atoms with Crippen LogP contribution in [0.2, 0.25) is 0 Å². The number of rotatable bonds is 7. The molecule has 0 atom stereocenters. The van der Waals surface area contributed by atoms with Crippen LogP contribution in [0, 0.1) is 11.3 Å². The molecule has 2 heterocycles. The van der Waals surface area contributed by atoms with Gasteiger partial charge in [0.25, 0.3) is 11.1 Å². The van der Waals surface area contributed by atoms with Crippen molar-refractivity contribution < 1.29 is 23.9 Å². The number of piperidine rings is 1. The van der Waals surface area contributed by atoms with E-state index in [1.165, 1.54) is 7.11 Å². The number of imide groups is 1. The number of hydrogen-bond donors (Lipinski definition) is 0. The van der Waals surface area contributed by atoms with Crippen molar-refractivity contribution in [1.29, 1.82) is 5.26 Å². The quantitative estimate of drug-likeness (QED) is 0.434. The summed E-state index contributed by atoms with van der Waals surface area (Å²) in [6.07, 6.45) is 4.56. The van der Waals surface area contributed by atoms with Crippen molar-refractivity contribution in [3.63, 3.8) is 0 Å². The summed E-state index contributed by atoms with van der Waals surface area (Å²) >= 11 is 4.30. The maximum absolute atomic E-state index is 12.9. The van der Waals surface area contributed by atoms with Crippen molar-refractivity contribution in [2.75, 3.05) is 26.7 Å². The molecular formula is C26H24BrN3O5S. The van der Waals surface area contributed by atoms with Crippen LogP contribution in [0.4, 0.5) is 4.79 Å². The zero-order valence-corrected chi connectivity index (χ0v) is 22.1. The summed E-state index contributed by atoms with van der Waals surface area (Å²) < 4.78 is 12.0. The van der Waals surface area contributed by atoms with Crippen LogP contribution in [0.3, 0.4) is 0 Å². The number of halogens is 1. The lowest BCUT2D eigenvalue weighted by Gasteiger charge is -2.27. The van der Waals surface area contributed by atoms with E-state index >= 15 is 0 Å². The van der Waals surface area contributed by atoms with Crippen molar-refractivity contribution in [1.82, 2.24) is 9.80 Å². The lowest BCUT2D eigenvalue weighted by molar-refractivity contribution is -0.136. The molecular weight excluding hydrogens is 546 g/mol. The molecule has 3 amide bonds. The minimum absolute atomic E-state index is 0.169. The number of carbonyl (C=O) groups is 3. The molecule has 0 aromatic heterocycles. The molecule has 0 saturated carbocycles. The Kier molecular flexibility index (Phi) is 8.33. The zero-order chi connectivity index (χ0) is 25.7. The number of ether oxygens (including phenoxy) is 2. The van der Waals surface area contributed by atoms with E-state index in [9.17, 15) is 19.6 Å². The van der Waals surface area contributed by atoms with Crippen molar-refractivity contribution >= 4 is 50.8 Å². The van der Waals surface area contributed by atoms with Crippen LogP contribution in [0.1, 0.15) is 36.0 Å². The SMILES string of the molecule is COc1cc(/C=C2\SC(=O)N(CC(=O)N3CCCCC3)C2=O)cc(Br)c1OCc1ccccc1C#N. The fraction of sp³-hybridized carbons (Fsp3) is 0.308. The molecule has 0 N–H and O–H groups in total. The van der Waals surface area contributed by atoms with Gasteiger partial charge in [-0.25, -0.2) is 0 Å². The number of methoxy groups -OCH3 is 1. The highest BCUT2D eigenvalue weighted by molar-refractivity contribution is 9.10. The molecule has 2 fully saturated rings. The van der Waals surface area contributed by atoms with Crippen molar-refractivity contribution in [3.8, 4) is 17.6 Å². The molecule has 2 aliphatic heterocycles. The largest absolute Gasteiger partial charge is 0.493 e. The fourth-order valence-electron chi connectivity index (χ4n) is 4.03. The van der Waals surface area contributed by atoms with Crippen LogP contribution >= 0.6 is 27.7 Å². The van der Waals surface area contributed by atoms with Crippen LogP contribution < -0.4 is 9.47 Å². The highest BCUT2D eigenvalue weighted by atomic mass is 79.9. The number of hydrogen-bond acceptors (Lipinski definition) is 7. The molecule has 2 aromatic rings. The standard InChI is InChI=1S/C26H24BrN3O5S/c1-34-21-12-17(11-20(27)24(21)35-16-19-8-4-3-7-18(19)14-28)13-22-25(32)30(26(33)36-22)15-23(31)29-9-5-2-6-10-29/h3-4,7-8,11-13H,2,5-6,9-10,15-16H2,1H3/b22-13-. The summed E-state index contributed by atoms with van der Waals surface area (Å²) in [4.78, 5) is 40.9. The van der Waals surface area contributed by atoms with E-state index in [-0.39, 0.29) is 24.0 Å². The first-order chi connectivity index (χ1) is 17.4. The molecule has 186 valence electrons. The second-order valence-electron chi connectivity index (χ2n) is 8.30. The second-order valence-corrected chi connectivity index (χ2v) is 10.1. The Morgan fingerprint density at radius 2 is 1.94 bits per heavy atom. The topological polar surface area (TPSA) is 99.9 Å². The van der Waals surface area contributed by atoms with Crippen LogP contribution in [0.15, 0.2) is 45.8 Å². The first-order valence-electron chi connectivity index (χ1n) is 11.4. The van der Waals surface area contributed by atoms with E-state index in [1.54, 1.807) is 35.2 Å². The molecule has 0 radical (unpaired) electrons. The summed E-state index contributed by atoms with van der Waals surface area (Å²) in [7, 11) is 1.50. The van der Waals surface area contributed by atoms with Gasteiger partial charge >= 0.3 is 0 Å². The van der Waals surface area contributed by atoms with Crippen LogP contribution in [0.25, 0.3) is 6.08 Å². The Balaban J connectivity index is 1.49. The molecule has 0 bridgehead atoms. The summed E-state index contributed by atoms with van der Waals surface area (Å²) in [6, 6.07) is 12.8. The van der Waals surface area contributed by atoms with Gasteiger partial charge in [-0.2, -0.15) is 5.26 Å². The first-order valence-corrected chi connectivity index (χ1v) is 13.0. The predicted molar refractivity (Wildman–Crippen MR) is 139 cm³/mol. The van der Waals surface area contributed by atoms with Crippen LogP contribution in [-0.4, -0.2) is 53.6 Å². The minimum atomic E-state index is -0.487. The average molecular weight is 570 g/mol. The lowest BCUT2D eigenvalue weighted by atomic mass is 10.1. The molecule has 10 heteroatoms. The van der Waals surface area contributed by atoms with E-state index in [2.05, 4.69) is 22.0 Å². The van der Waals surface area contributed by atoms with Gasteiger partial charge in [-0.3, -0.25) is 19.3 Å². The highest BCUT2D eigenvalue weighted by Crippen LogP contribution is 2.39. The maximum atomic E-state index is 12.9. The number of amides is 3. The van der Waals surface area contributed by atoms with E-state index in [4.69, 9.17) is 9.47 Å². The monoisotopic (exact) mass is 569 g/mol. The molecule has 2 aliphatic rings. The van der Waals surface area contributed by atoms with E-state index < -0.39 is 11.1 Å². The Morgan fingerprint density at radius 1 is 1.19 bits per heavy atom. The van der Waals surface area contributed by atoms with Crippen molar-refractivity contribution in [2.45, 2.75) is 25.9 Å². The summed E-state index contributed by atoms with van der Waals surface area (Å²) in [5.41, 5.74) is 1.89. The molecule has 36 heavy (non-hydrogen) atoms. The summed E-state index contributed by atoms with van der Waals surface area (Å²) in [5.74, 6) is 0.174. The molecule has 4 rings (SSSR count). The van der Waals surface area contributed by atoms with Gasteiger partial charge < -0.3 is 14.4 Å². The van der Waals surface area contributed by atoms with Gasteiger partial charge in [-0.1, -0.05) is 18.2 Å². The van der Waals surface area contributed by atoms with Gasteiger partial charge in [0, 0.05) is 18.7 Å². The molecule has 8 nitrogen and oxygen atoms in total. The third kappa shape index (κ3) is 5.74. The summed E-state index contributed by atoms with van der Waals surface area (Å²) in [6.45, 7) is 1.25. The van der Waals surface area contributed by atoms with Crippen LogP contribution in [-0.2, 0) is 16.2 Å². The molecule has 0 unspecified atom stereocenters. The lowest BCUT2D eigenvalue weighted by Crippen LogP contribution is -2.44. The number of nitriles is 1. The number of carbonyl (C=O) groups excluding carboxylic acids is 3. The first kappa shape index (κ1) is 25.8. The normalized spacial score (nSPS) is 16.9. The van der Waals surface area contributed by atoms with Gasteiger partial charge in [0.1, 0.15) is 13.2 Å². The molecule has 2 saturated heterocycles. The second kappa shape index (κ2) is 11.6. The van der Waals surface area contributed by atoms with Crippen molar-refractivity contribution in [3.05, 3.63) is 62.5 Å². The Morgan fingerprint density at radius 3 is 2.67 bits per heavy atom. The Bertz CT molecular complexity index is 1270. The Hall–Kier alpha value is -3.29. The van der Waals surface area contributed by atoms with Gasteiger partial charge in [-0.15, -0.1) is 0 Å². The fourth-order valence-corrected chi connectivity index (χ4v) is 5.45. The van der Waals surface area contributed by atoms with Gasteiger partial charge in [0.05, 0.1) is 28.1 Å². The van der Waals surface area contributed by atoms with Gasteiger partial charge in [-0.05, 0) is 76.8 Å². The number of thioether (sulfide) groups is 1. The number of nitrogens with zero attached hydrogens (tertiary/aromatic N) is 3. The highest BCUT2D eigenvalue weighted by Gasteiger charge is 2.37. The minimum Gasteiger partial charge on any atom is -0.493 e. The molecule has 2 aromatic carbocycles. The number of benzene rings is 2. The third-order valence-electron chi connectivity index (χ3n) is 5.94. The predicted octanol–water partition coefficient (Wildman–Crippen LogP) is 4.96.